The lowest BCUT2D eigenvalue weighted by atomic mass is 10.3. The van der Waals surface area contributed by atoms with Crippen molar-refractivity contribution < 1.29 is 0 Å². The zero-order valence-corrected chi connectivity index (χ0v) is 11.6. The predicted octanol–water partition coefficient (Wildman–Crippen LogP) is 2.12. The Balaban J connectivity index is 0. The molecule has 0 bridgehead atoms. The molecule has 4 N–H and O–H groups in total. The predicted molar refractivity (Wildman–Crippen MR) is 74.9 cm³/mol. The van der Waals surface area contributed by atoms with Gasteiger partial charge in [0.05, 0.1) is 0 Å². The summed E-state index contributed by atoms with van der Waals surface area (Å²) in [7, 11) is 0. The number of nitrogens with two attached hydrogens (primary N) is 1. The normalized spacial score (nSPS) is 9.75. The van der Waals surface area contributed by atoms with Gasteiger partial charge in [-0.2, -0.15) is 0 Å². The maximum absolute atomic E-state index is 5.39. The van der Waals surface area contributed by atoms with Gasteiger partial charge in [-0.05, 0) is 58.4 Å². The molecule has 0 spiro atoms. The maximum atomic E-state index is 5.39. The highest BCUT2D eigenvalue weighted by Gasteiger charge is 1.89. The van der Waals surface area contributed by atoms with Crippen molar-refractivity contribution in [2.45, 2.75) is 52.9 Å². The summed E-state index contributed by atoms with van der Waals surface area (Å²) in [5.41, 5.74) is 5.39. The molecule has 0 aliphatic rings. The molecule has 0 radical (unpaired) electrons. The van der Waals surface area contributed by atoms with Gasteiger partial charge in [-0.15, -0.1) is 0 Å². The third-order valence-corrected chi connectivity index (χ3v) is 2.22. The van der Waals surface area contributed by atoms with Crippen molar-refractivity contribution in [1.82, 2.24) is 10.6 Å². The van der Waals surface area contributed by atoms with Crippen molar-refractivity contribution in [1.29, 1.82) is 0 Å². The molecule has 0 aliphatic heterocycles. The van der Waals surface area contributed by atoms with Crippen molar-refractivity contribution >= 4 is 0 Å². The smallest absolute Gasteiger partial charge is 0.00369 e. The van der Waals surface area contributed by atoms with E-state index in [9.17, 15) is 0 Å². The second-order valence-corrected chi connectivity index (χ2v) is 3.70. The molecule has 16 heavy (non-hydrogen) atoms. The maximum Gasteiger partial charge on any atom is -0.00369 e. The molecule has 0 amide bonds. The number of hydrogen-bond acceptors (Lipinski definition) is 3. The fourth-order valence-corrected chi connectivity index (χ4v) is 1.28. The summed E-state index contributed by atoms with van der Waals surface area (Å²) < 4.78 is 0. The van der Waals surface area contributed by atoms with E-state index in [0.717, 1.165) is 26.1 Å². The van der Waals surface area contributed by atoms with Crippen molar-refractivity contribution in [3.05, 3.63) is 0 Å². The molecule has 3 nitrogen and oxygen atoms in total. The van der Waals surface area contributed by atoms with Crippen LogP contribution in [0, 0.1) is 0 Å². The Morgan fingerprint density at radius 2 is 1.19 bits per heavy atom. The molecule has 0 aromatic rings. The summed E-state index contributed by atoms with van der Waals surface area (Å²) >= 11 is 0. The Kier molecular flexibility index (Phi) is 23.2. The van der Waals surface area contributed by atoms with Crippen molar-refractivity contribution in [2.75, 3.05) is 32.7 Å². The first-order valence-corrected chi connectivity index (χ1v) is 7.03. The van der Waals surface area contributed by atoms with E-state index < -0.39 is 0 Å². The lowest BCUT2D eigenvalue weighted by Crippen LogP contribution is -2.21. The van der Waals surface area contributed by atoms with E-state index >= 15 is 0 Å². The average Bonchev–Trinajstić information content (AvgIpc) is 2.34. The van der Waals surface area contributed by atoms with E-state index in [0.29, 0.717) is 0 Å². The highest BCUT2D eigenvalue weighted by atomic mass is 14.9. The van der Waals surface area contributed by atoms with E-state index in [4.69, 9.17) is 5.73 Å². The van der Waals surface area contributed by atoms with Crippen molar-refractivity contribution in [3.8, 4) is 0 Å². The van der Waals surface area contributed by atoms with E-state index in [-0.39, 0.29) is 0 Å². The number of hydrogen-bond donors (Lipinski definition) is 3. The zero-order valence-electron chi connectivity index (χ0n) is 11.6. The molecule has 0 aliphatic carbocycles. The summed E-state index contributed by atoms with van der Waals surface area (Å²) in [5.74, 6) is 0. The second kappa shape index (κ2) is 20.3. The Hall–Kier alpha value is -0.120. The van der Waals surface area contributed by atoms with Gasteiger partial charge in [0.15, 0.2) is 0 Å². The fourth-order valence-electron chi connectivity index (χ4n) is 1.28. The van der Waals surface area contributed by atoms with Crippen LogP contribution in [-0.2, 0) is 0 Å². The SMILES string of the molecule is CC.CCCCNCCCCNCCCN. The highest BCUT2D eigenvalue weighted by molar-refractivity contribution is 4.52. The molecule has 100 valence electrons. The van der Waals surface area contributed by atoms with Gasteiger partial charge in [0.25, 0.3) is 0 Å². The van der Waals surface area contributed by atoms with Crippen LogP contribution in [-0.4, -0.2) is 32.7 Å². The minimum atomic E-state index is 0.797. The summed E-state index contributed by atoms with van der Waals surface area (Å²) in [5, 5.41) is 6.82. The van der Waals surface area contributed by atoms with Gasteiger partial charge in [-0.25, -0.2) is 0 Å². The first-order valence-electron chi connectivity index (χ1n) is 7.03. The molecule has 0 aromatic heterocycles. The topological polar surface area (TPSA) is 50.1 Å². The molecule has 0 saturated heterocycles. The summed E-state index contributed by atoms with van der Waals surface area (Å²) in [4.78, 5) is 0. The van der Waals surface area contributed by atoms with Crippen LogP contribution in [0.4, 0.5) is 0 Å². The molecule has 0 unspecified atom stereocenters. The third kappa shape index (κ3) is 19.5. The molecule has 0 heterocycles. The summed E-state index contributed by atoms with van der Waals surface area (Å²) in [6.45, 7) is 11.6. The first-order chi connectivity index (χ1) is 7.91. The minimum Gasteiger partial charge on any atom is -0.330 e. The molecule has 0 atom stereocenters. The van der Waals surface area contributed by atoms with Gasteiger partial charge in [-0.1, -0.05) is 27.2 Å². The molecular formula is C13H33N3. The molecule has 0 aromatic carbocycles. The van der Waals surface area contributed by atoms with E-state index in [2.05, 4.69) is 17.6 Å². The van der Waals surface area contributed by atoms with Crippen LogP contribution in [0.3, 0.4) is 0 Å². The standard InChI is InChI=1S/C11H27N3.C2H6/c1-2-3-8-13-9-4-5-10-14-11-6-7-12;1-2/h13-14H,2-12H2,1H3;1-2H3. The van der Waals surface area contributed by atoms with E-state index in [1.54, 1.807) is 0 Å². The molecular weight excluding hydrogens is 198 g/mol. The fraction of sp³-hybridized carbons (Fsp3) is 1.00. The van der Waals surface area contributed by atoms with Crippen LogP contribution >= 0.6 is 0 Å². The second-order valence-electron chi connectivity index (χ2n) is 3.70. The highest BCUT2D eigenvalue weighted by Crippen LogP contribution is 1.86. The van der Waals surface area contributed by atoms with Crippen LogP contribution in [0.25, 0.3) is 0 Å². The van der Waals surface area contributed by atoms with Gasteiger partial charge in [0.1, 0.15) is 0 Å². The van der Waals surface area contributed by atoms with E-state index in [1.807, 2.05) is 13.8 Å². The third-order valence-electron chi connectivity index (χ3n) is 2.22. The molecule has 3 heteroatoms. The lowest BCUT2D eigenvalue weighted by Gasteiger charge is -2.05. The quantitative estimate of drug-likeness (QED) is 0.477. The van der Waals surface area contributed by atoms with Gasteiger partial charge in [0, 0.05) is 0 Å². The van der Waals surface area contributed by atoms with Gasteiger partial charge < -0.3 is 16.4 Å². The Bertz CT molecular complexity index is 85.2. The molecule has 0 rings (SSSR count). The van der Waals surface area contributed by atoms with Crippen molar-refractivity contribution in [2.24, 2.45) is 5.73 Å². The Labute approximate surface area is 103 Å². The number of unbranched alkanes of at least 4 members (excludes halogenated alkanes) is 2. The van der Waals surface area contributed by atoms with Gasteiger partial charge >= 0.3 is 0 Å². The lowest BCUT2D eigenvalue weighted by molar-refractivity contribution is 0.567. The molecule has 0 fully saturated rings. The van der Waals surface area contributed by atoms with Gasteiger partial charge in [0.2, 0.25) is 0 Å². The monoisotopic (exact) mass is 231 g/mol. The largest absolute Gasteiger partial charge is 0.330 e. The minimum absolute atomic E-state index is 0.797. The average molecular weight is 231 g/mol. The molecule has 0 saturated carbocycles. The Morgan fingerprint density at radius 3 is 1.62 bits per heavy atom. The van der Waals surface area contributed by atoms with Crippen LogP contribution in [0.5, 0.6) is 0 Å². The van der Waals surface area contributed by atoms with Gasteiger partial charge in [-0.3, -0.25) is 0 Å². The van der Waals surface area contributed by atoms with E-state index in [1.165, 1.54) is 38.8 Å². The van der Waals surface area contributed by atoms with Crippen LogP contribution in [0.15, 0.2) is 0 Å². The summed E-state index contributed by atoms with van der Waals surface area (Å²) in [6.07, 6.45) is 6.22. The zero-order chi connectivity index (χ0) is 12.5. The van der Waals surface area contributed by atoms with Crippen LogP contribution in [0.1, 0.15) is 52.9 Å². The van der Waals surface area contributed by atoms with Crippen molar-refractivity contribution in [3.63, 3.8) is 0 Å². The summed E-state index contributed by atoms with van der Waals surface area (Å²) in [6, 6.07) is 0. The Morgan fingerprint density at radius 1 is 0.750 bits per heavy atom. The van der Waals surface area contributed by atoms with Crippen LogP contribution in [0.2, 0.25) is 0 Å². The number of nitrogens with one attached hydrogen (secondary N) is 2. The van der Waals surface area contributed by atoms with Crippen LogP contribution < -0.4 is 16.4 Å². The first kappa shape index (κ1) is 18.3. The number of rotatable bonds is 11.